The lowest BCUT2D eigenvalue weighted by Gasteiger charge is -2.11. The van der Waals surface area contributed by atoms with Crippen LogP contribution in [0.4, 0.5) is 11.6 Å². The van der Waals surface area contributed by atoms with Gasteiger partial charge in [0.2, 0.25) is 5.82 Å². The molecule has 2 aromatic heterocycles. The minimum Gasteiger partial charge on any atom is -0.360 e. The van der Waals surface area contributed by atoms with Gasteiger partial charge in [-0.15, -0.1) is 0 Å². The number of imidazole rings is 1. The van der Waals surface area contributed by atoms with Crippen LogP contribution in [-0.2, 0) is 0 Å². The van der Waals surface area contributed by atoms with Gasteiger partial charge in [0.05, 0.1) is 0 Å². The second-order valence-corrected chi connectivity index (χ2v) is 6.62. The SMILES string of the molecule is CSC1CCC(Nc2nc3sccn3c2[N+](=O)[O-])C1. The molecule has 1 N–H and O–H groups in total. The van der Waals surface area contributed by atoms with Crippen molar-refractivity contribution < 1.29 is 4.92 Å². The summed E-state index contributed by atoms with van der Waals surface area (Å²) in [7, 11) is 0. The maximum atomic E-state index is 11.2. The average Bonchev–Trinajstić information content (AvgIpc) is 3.03. The Balaban J connectivity index is 1.86. The fraction of sp³-hybridized carbons (Fsp3) is 0.545. The highest BCUT2D eigenvalue weighted by Gasteiger charge is 2.29. The largest absolute Gasteiger partial charge is 0.372 e. The molecule has 2 heterocycles. The molecule has 0 radical (unpaired) electrons. The van der Waals surface area contributed by atoms with Crippen molar-refractivity contribution in [2.75, 3.05) is 11.6 Å². The topological polar surface area (TPSA) is 72.5 Å². The van der Waals surface area contributed by atoms with E-state index in [9.17, 15) is 10.1 Å². The number of hydrogen-bond donors (Lipinski definition) is 1. The number of anilines is 1. The molecule has 0 spiro atoms. The van der Waals surface area contributed by atoms with E-state index >= 15 is 0 Å². The molecular weight excluding hydrogens is 284 g/mol. The van der Waals surface area contributed by atoms with Gasteiger partial charge in [0.25, 0.3) is 4.96 Å². The van der Waals surface area contributed by atoms with E-state index in [1.54, 1.807) is 11.6 Å². The number of nitrogens with one attached hydrogen (secondary N) is 1. The second-order valence-electron chi connectivity index (χ2n) is 4.61. The predicted molar refractivity (Wildman–Crippen MR) is 78.3 cm³/mol. The first-order valence-corrected chi connectivity index (χ1v) is 8.25. The zero-order valence-electron chi connectivity index (χ0n) is 10.4. The van der Waals surface area contributed by atoms with E-state index in [0.717, 1.165) is 19.3 Å². The third-order valence-corrected chi connectivity index (χ3v) is 5.32. The van der Waals surface area contributed by atoms with Crippen LogP contribution in [0.1, 0.15) is 19.3 Å². The van der Waals surface area contributed by atoms with E-state index in [2.05, 4.69) is 16.6 Å². The zero-order chi connectivity index (χ0) is 13.4. The predicted octanol–water partition coefficient (Wildman–Crippen LogP) is 3.00. The van der Waals surface area contributed by atoms with E-state index in [1.165, 1.54) is 15.7 Å². The first kappa shape index (κ1) is 12.7. The van der Waals surface area contributed by atoms with Gasteiger partial charge >= 0.3 is 5.82 Å². The molecule has 6 nitrogen and oxygen atoms in total. The Bertz CT molecular complexity index is 609. The van der Waals surface area contributed by atoms with Crippen LogP contribution in [0.3, 0.4) is 0 Å². The highest BCUT2D eigenvalue weighted by Crippen LogP contribution is 2.33. The van der Waals surface area contributed by atoms with E-state index < -0.39 is 0 Å². The summed E-state index contributed by atoms with van der Waals surface area (Å²) in [6, 6.07) is 0.292. The van der Waals surface area contributed by atoms with Gasteiger partial charge in [-0.3, -0.25) is 0 Å². The molecule has 1 saturated carbocycles. The Morgan fingerprint density at radius 3 is 3.16 bits per heavy atom. The van der Waals surface area contributed by atoms with Gasteiger partial charge in [0, 0.05) is 16.7 Å². The maximum Gasteiger partial charge on any atom is 0.372 e. The molecule has 0 bridgehead atoms. The zero-order valence-corrected chi connectivity index (χ0v) is 12.0. The molecule has 19 heavy (non-hydrogen) atoms. The molecule has 8 heteroatoms. The first-order chi connectivity index (χ1) is 9.19. The lowest BCUT2D eigenvalue weighted by atomic mass is 10.2. The highest BCUT2D eigenvalue weighted by atomic mass is 32.2. The van der Waals surface area contributed by atoms with Crippen LogP contribution in [0.2, 0.25) is 0 Å². The molecule has 2 atom stereocenters. The highest BCUT2D eigenvalue weighted by molar-refractivity contribution is 7.99. The Labute approximate surface area is 118 Å². The van der Waals surface area contributed by atoms with Crippen molar-refractivity contribution in [3.05, 3.63) is 21.7 Å². The normalized spacial score (nSPS) is 23.0. The molecule has 0 amide bonds. The Morgan fingerprint density at radius 2 is 2.47 bits per heavy atom. The Morgan fingerprint density at radius 1 is 1.63 bits per heavy atom. The van der Waals surface area contributed by atoms with Crippen LogP contribution in [-0.4, -0.2) is 31.9 Å². The molecule has 2 unspecified atom stereocenters. The summed E-state index contributed by atoms with van der Waals surface area (Å²) in [6.45, 7) is 0. The van der Waals surface area contributed by atoms with E-state index in [0.29, 0.717) is 22.1 Å². The third-order valence-electron chi connectivity index (χ3n) is 3.47. The monoisotopic (exact) mass is 298 g/mol. The minimum atomic E-state index is -0.365. The van der Waals surface area contributed by atoms with Gasteiger partial charge in [-0.25, -0.2) is 0 Å². The summed E-state index contributed by atoms with van der Waals surface area (Å²) in [4.78, 5) is 15.8. The summed E-state index contributed by atoms with van der Waals surface area (Å²) >= 11 is 3.27. The smallest absolute Gasteiger partial charge is 0.360 e. The molecule has 1 aliphatic carbocycles. The number of fused-ring (bicyclic) bond motifs is 1. The van der Waals surface area contributed by atoms with Gasteiger partial charge in [0.15, 0.2) is 0 Å². The lowest BCUT2D eigenvalue weighted by molar-refractivity contribution is -0.389. The summed E-state index contributed by atoms with van der Waals surface area (Å²) in [6.07, 6.45) is 7.06. The number of rotatable bonds is 4. The van der Waals surface area contributed by atoms with Crippen LogP contribution >= 0.6 is 23.1 Å². The third kappa shape index (κ3) is 2.30. The van der Waals surface area contributed by atoms with Crippen LogP contribution in [0.15, 0.2) is 11.6 Å². The fourth-order valence-electron chi connectivity index (χ4n) is 2.52. The lowest BCUT2D eigenvalue weighted by Crippen LogP contribution is -2.17. The summed E-state index contributed by atoms with van der Waals surface area (Å²) in [5.74, 6) is 0.451. The van der Waals surface area contributed by atoms with Crippen molar-refractivity contribution in [2.45, 2.75) is 30.6 Å². The molecule has 3 rings (SSSR count). The minimum absolute atomic E-state index is 0.0452. The van der Waals surface area contributed by atoms with Gasteiger partial charge in [-0.05, 0) is 30.4 Å². The van der Waals surface area contributed by atoms with E-state index in [-0.39, 0.29) is 10.7 Å². The van der Waals surface area contributed by atoms with Gasteiger partial charge in [-0.1, -0.05) is 11.3 Å². The van der Waals surface area contributed by atoms with Crippen LogP contribution in [0, 0.1) is 10.1 Å². The van der Waals surface area contributed by atoms with Gasteiger partial charge in [-0.2, -0.15) is 21.1 Å². The molecular formula is C11H14N4O2S2. The fourth-order valence-corrected chi connectivity index (χ4v) is 4.03. The quantitative estimate of drug-likeness (QED) is 0.694. The number of hydrogen-bond acceptors (Lipinski definition) is 6. The van der Waals surface area contributed by atoms with Crippen molar-refractivity contribution >= 4 is 39.7 Å². The number of thioether (sulfide) groups is 1. The van der Waals surface area contributed by atoms with E-state index in [4.69, 9.17) is 0 Å². The summed E-state index contributed by atoms with van der Waals surface area (Å²) < 4.78 is 1.54. The molecule has 2 aromatic rings. The summed E-state index contributed by atoms with van der Waals surface area (Å²) in [5, 5.41) is 16.9. The number of aromatic nitrogens is 2. The van der Waals surface area contributed by atoms with Crippen LogP contribution < -0.4 is 5.32 Å². The number of nitro groups is 1. The number of nitrogens with zero attached hydrogens (tertiary/aromatic N) is 3. The van der Waals surface area contributed by atoms with Crippen LogP contribution in [0.5, 0.6) is 0 Å². The van der Waals surface area contributed by atoms with Crippen molar-refractivity contribution in [3.63, 3.8) is 0 Å². The maximum absolute atomic E-state index is 11.2. The Kier molecular flexibility index (Phi) is 3.36. The van der Waals surface area contributed by atoms with Crippen molar-refractivity contribution in [1.82, 2.24) is 9.38 Å². The molecule has 0 aromatic carbocycles. The standard InChI is InChI=1S/C11H14N4O2S2/c1-18-8-3-2-7(6-8)12-9-10(15(16)17)14-4-5-19-11(14)13-9/h4-5,7-8,12H,2-3,6H2,1H3. The van der Waals surface area contributed by atoms with E-state index in [1.807, 2.05) is 11.8 Å². The summed E-state index contributed by atoms with van der Waals surface area (Å²) in [5.41, 5.74) is 0. The van der Waals surface area contributed by atoms with Crippen molar-refractivity contribution in [2.24, 2.45) is 0 Å². The second kappa shape index (κ2) is 5.01. The first-order valence-electron chi connectivity index (χ1n) is 6.08. The van der Waals surface area contributed by atoms with Crippen molar-refractivity contribution in [1.29, 1.82) is 0 Å². The van der Waals surface area contributed by atoms with Crippen LogP contribution in [0.25, 0.3) is 4.96 Å². The van der Waals surface area contributed by atoms with Gasteiger partial charge < -0.3 is 15.4 Å². The Hall–Kier alpha value is -1.28. The molecule has 102 valence electrons. The van der Waals surface area contributed by atoms with Gasteiger partial charge in [0.1, 0.15) is 6.20 Å². The molecule has 0 aliphatic heterocycles. The number of thiazole rings is 1. The van der Waals surface area contributed by atoms with Crippen molar-refractivity contribution in [3.8, 4) is 0 Å². The molecule has 1 aliphatic rings. The molecule has 1 fully saturated rings. The molecule has 0 saturated heterocycles. The average molecular weight is 298 g/mol.